The van der Waals surface area contributed by atoms with Crippen LogP contribution in [0.4, 0.5) is 24.9 Å². The van der Waals surface area contributed by atoms with Crippen molar-refractivity contribution in [2.24, 2.45) is 0 Å². The van der Waals surface area contributed by atoms with Gasteiger partial charge in [-0.05, 0) is 24.3 Å². The number of nitrogen functional groups attached to an aromatic ring is 1. The third kappa shape index (κ3) is 3.27. The van der Waals surface area contributed by atoms with Gasteiger partial charge in [-0.25, -0.2) is 4.98 Å². The van der Waals surface area contributed by atoms with Gasteiger partial charge in [0.2, 0.25) is 5.95 Å². The summed E-state index contributed by atoms with van der Waals surface area (Å²) >= 11 is 12.0. The van der Waals surface area contributed by atoms with Crippen molar-refractivity contribution >= 4 is 46.0 Å². The number of pyridine rings is 1. The summed E-state index contributed by atoms with van der Waals surface area (Å²) in [5.41, 5.74) is 5.42. The van der Waals surface area contributed by atoms with Crippen molar-refractivity contribution in [2.75, 3.05) is 18.1 Å². The van der Waals surface area contributed by atoms with E-state index in [2.05, 4.69) is 20.3 Å². The maximum absolute atomic E-state index is 12.8. The quantitative estimate of drug-likeness (QED) is 0.669. The van der Waals surface area contributed by atoms with Crippen LogP contribution in [0.25, 0.3) is 22.3 Å². The third-order valence-corrected chi connectivity index (χ3v) is 4.04. The van der Waals surface area contributed by atoms with Crippen LogP contribution in [-0.2, 0) is 6.18 Å². The van der Waals surface area contributed by atoms with Crippen LogP contribution in [0.2, 0.25) is 10.0 Å². The molecule has 0 atom stereocenters. The monoisotopic (exact) mass is 387 g/mol. The number of alkyl halides is 3. The standard InChI is InChI=1S/C15H10Cl2F3N5/c1-22-12-7-2-3-10(23-13(7)25-14(21)24-12)11-8(16)4-6(5-9(11)17)15(18,19)20/h2-5H,1H3,(H3,21,22,23,24,25). The number of rotatable bonds is 2. The lowest BCUT2D eigenvalue weighted by Crippen LogP contribution is -2.05. The zero-order valence-electron chi connectivity index (χ0n) is 12.6. The first-order valence-corrected chi connectivity index (χ1v) is 7.65. The van der Waals surface area contributed by atoms with Crippen LogP contribution in [0.5, 0.6) is 0 Å². The zero-order valence-corrected chi connectivity index (χ0v) is 14.1. The van der Waals surface area contributed by atoms with E-state index in [0.29, 0.717) is 11.2 Å². The number of fused-ring (bicyclic) bond motifs is 1. The van der Waals surface area contributed by atoms with Gasteiger partial charge >= 0.3 is 6.18 Å². The molecule has 0 radical (unpaired) electrons. The van der Waals surface area contributed by atoms with Gasteiger partial charge in [0.15, 0.2) is 5.65 Å². The highest BCUT2D eigenvalue weighted by Crippen LogP contribution is 2.40. The van der Waals surface area contributed by atoms with Gasteiger partial charge in [0.05, 0.1) is 26.7 Å². The molecule has 0 aliphatic carbocycles. The Morgan fingerprint density at radius 2 is 1.68 bits per heavy atom. The summed E-state index contributed by atoms with van der Waals surface area (Å²) in [6.07, 6.45) is -4.55. The van der Waals surface area contributed by atoms with E-state index in [0.717, 1.165) is 12.1 Å². The number of nitrogens with zero attached hydrogens (tertiary/aromatic N) is 3. The van der Waals surface area contributed by atoms with Crippen LogP contribution in [0.3, 0.4) is 0 Å². The Bertz CT molecular complexity index is 952. The van der Waals surface area contributed by atoms with Crippen molar-refractivity contribution in [3.05, 3.63) is 39.9 Å². The van der Waals surface area contributed by atoms with Gasteiger partial charge in [0.25, 0.3) is 0 Å². The second kappa shape index (κ2) is 6.20. The molecule has 0 bridgehead atoms. The lowest BCUT2D eigenvalue weighted by molar-refractivity contribution is -0.137. The van der Waals surface area contributed by atoms with Crippen LogP contribution < -0.4 is 11.1 Å². The summed E-state index contributed by atoms with van der Waals surface area (Å²) in [5, 5.41) is 3.14. The maximum Gasteiger partial charge on any atom is 0.416 e. The van der Waals surface area contributed by atoms with Gasteiger partial charge < -0.3 is 11.1 Å². The molecule has 5 nitrogen and oxygen atoms in total. The molecule has 0 unspecified atom stereocenters. The van der Waals surface area contributed by atoms with Gasteiger partial charge in [-0.15, -0.1) is 0 Å². The Morgan fingerprint density at radius 1 is 1.04 bits per heavy atom. The number of nitrogens with two attached hydrogens (primary N) is 1. The molecule has 0 fully saturated rings. The Hall–Kier alpha value is -2.32. The number of aromatic nitrogens is 3. The van der Waals surface area contributed by atoms with Gasteiger partial charge in [-0.3, -0.25) is 0 Å². The van der Waals surface area contributed by atoms with Crippen molar-refractivity contribution in [3.63, 3.8) is 0 Å². The number of hydrogen-bond acceptors (Lipinski definition) is 5. The van der Waals surface area contributed by atoms with Gasteiger partial charge in [-0.1, -0.05) is 23.2 Å². The molecule has 0 spiro atoms. The molecule has 10 heteroatoms. The largest absolute Gasteiger partial charge is 0.416 e. The molecule has 0 saturated heterocycles. The summed E-state index contributed by atoms with van der Waals surface area (Å²) < 4.78 is 38.5. The van der Waals surface area contributed by atoms with E-state index in [1.54, 1.807) is 19.2 Å². The molecule has 0 aliphatic rings. The fourth-order valence-electron chi connectivity index (χ4n) is 2.34. The minimum atomic E-state index is -4.55. The number of halogens is 5. The lowest BCUT2D eigenvalue weighted by atomic mass is 10.1. The Labute approximate surface area is 150 Å². The minimum absolute atomic E-state index is 0.00566. The first kappa shape index (κ1) is 17.5. The molecule has 0 amide bonds. The van der Waals surface area contributed by atoms with E-state index in [-0.39, 0.29) is 32.9 Å². The number of benzene rings is 1. The number of anilines is 2. The van der Waals surface area contributed by atoms with Crippen LogP contribution in [0.1, 0.15) is 5.56 Å². The van der Waals surface area contributed by atoms with Gasteiger partial charge in [-0.2, -0.15) is 23.1 Å². The number of nitrogens with one attached hydrogen (secondary N) is 1. The molecule has 3 N–H and O–H groups in total. The summed E-state index contributed by atoms with van der Waals surface area (Å²) in [4.78, 5) is 12.4. The van der Waals surface area contributed by atoms with Crippen LogP contribution in [0, 0.1) is 0 Å². The molecular weight excluding hydrogens is 378 g/mol. The molecule has 2 heterocycles. The SMILES string of the molecule is CNc1nc(N)nc2nc(-c3c(Cl)cc(C(F)(F)F)cc3Cl)ccc12. The lowest BCUT2D eigenvalue weighted by Gasteiger charge is -2.13. The smallest absolute Gasteiger partial charge is 0.372 e. The first-order chi connectivity index (χ1) is 11.7. The Kier molecular flexibility index (Phi) is 4.34. The topological polar surface area (TPSA) is 76.7 Å². The van der Waals surface area contributed by atoms with E-state index >= 15 is 0 Å². The second-order valence-corrected chi connectivity index (χ2v) is 5.88. The van der Waals surface area contributed by atoms with E-state index in [1.165, 1.54) is 0 Å². The second-order valence-electron chi connectivity index (χ2n) is 5.06. The molecule has 25 heavy (non-hydrogen) atoms. The molecule has 0 aliphatic heterocycles. The van der Waals surface area contributed by atoms with Crippen LogP contribution in [0.15, 0.2) is 24.3 Å². The van der Waals surface area contributed by atoms with E-state index in [1.807, 2.05) is 0 Å². The van der Waals surface area contributed by atoms with E-state index in [9.17, 15) is 13.2 Å². The minimum Gasteiger partial charge on any atom is -0.372 e. The predicted molar refractivity (Wildman–Crippen MR) is 91.8 cm³/mol. The first-order valence-electron chi connectivity index (χ1n) is 6.89. The molecule has 0 saturated carbocycles. The third-order valence-electron chi connectivity index (χ3n) is 3.44. The van der Waals surface area contributed by atoms with Crippen molar-refractivity contribution in [1.29, 1.82) is 0 Å². The van der Waals surface area contributed by atoms with Gasteiger partial charge in [0.1, 0.15) is 5.82 Å². The Morgan fingerprint density at radius 3 is 2.24 bits per heavy atom. The molecule has 130 valence electrons. The highest BCUT2D eigenvalue weighted by atomic mass is 35.5. The normalized spacial score (nSPS) is 11.8. The maximum atomic E-state index is 12.8. The highest BCUT2D eigenvalue weighted by Gasteiger charge is 2.32. The Balaban J connectivity index is 2.20. The average Bonchev–Trinajstić information content (AvgIpc) is 2.52. The molecule has 2 aromatic heterocycles. The summed E-state index contributed by atoms with van der Waals surface area (Å²) in [6.45, 7) is 0. The number of hydrogen-bond donors (Lipinski definition) is 2. The van der Waals surface area contributed by atoms with Crippen molar-refractivity contribution < 1.29 is 13.2 Å². The molecule has 3 aromatic rings. The fraction of sp³-hybridized carbons (Fsp3) is 0.133. The summed E-state index contributed by atoms with van der Waals surface area (Å²) in [5.74, 6) is 0.484. The van der Waals surface area contributed by atoms with Crippen molar-refractivity contribution in [3.8, 4) is 11.3 Å². The average molecular weight is 388 g/mol. The van der Waals surface area contributed by atoms with Crippen LogP contribution in [-0.4, -0.2) is 22.0 Å². The molecular formula is C15H10Cl2F3N5. The summed E-state index contributed by atoms with van der Waals surface area (Å²) in [7, 11) is 1.67. The van der Waals surface area contributed by atoms with E-state index < -0.39 is 11.7 Å². The summed E-state index contributed by atoms with van der Waals surface area (Å²) in [6, 6.07) is 4.85. The fourth-order valence-corrected chi connectivity index (χ4v) is 3.02. The molecule has 1 aromatic carbocycles. The van der Waals surface area contributed by atoms with Crippen molar-refractivity contribution in [2.45, 2.75) is 6.18 Å². The molecule has 3 rings (SSSR count). The predicted octanol–water partition coefficient (Wildman–Crippen LogP) is 4.64. The van der Waals surface area contributed by atoms with Gasteiger partial charge in [0, 0.05) is 12.6 Å². The zero-order chi connectivity index (χ0) is 18.4. The highest BCUT2D eigenvalue weighted by molar-refractivity contribution is 6.39. The van der Waals surface area contributed by atoms with E-state index in [4.69, 9.17) is 28.9 Å². The van der Waals surface area contributed by atoms with Crippen molar-refractivity contribution in [1.82, 2.24) is 15.0 Å². The van der Waals surface area contributed by atoms with Crippen LogP contribution >= 0.6 is 23.2 Å².